The van der Waals surface area contributed by atoms with Gasteiger partial charge in [0.15, 0.2) is 0 Å². The van der Waals surface area contributed by atoms with Crippen LogP contribution in [0.2, 0.25) is 0 Å². The van der Waals surface area contributed by atoms with Gasteiger partial charge in [-0.05, 0) is 119 Å². The Hall–Kier alpha value is -1.14. The number of amides is 1. The fourth-order valence-electron chi connectivity index (χ4n) is 8.75. The molecule has 6 heteroatoms. The number of hydrogen-bond donors (Lipinski definition) is 2. The highest BCUT2D eigenvalue weighted by Crippen LogP contribution is 2.67. The van der Waals surface area contributed by atoms with Crippen molar-refractivity contribution < 1.29 is 14.7 Å². The molecule has 0 unspecified atom stereocenters. The van der Waals surface area contributed by atoms with Crippen LogP contribution in [-0.2, 0) is 4.84 Å². The van der Waals surface area contributed by atoms with E-state index in [1.807, 2.05) is 7.05 Å². The molecule has 0 radical (unpaired) electrons. The Labute approximate surface area is 200 Å². The van der Waals surface area contributed by atoms with E-state index in [2.05, 4.69) is 31.2 Å². The highest BCUT2D eigenvalue weighted by atomic mass is 16.7. The van der Waals surface area contributed by atoms with Gasteiger partial charge in [0.1, 0.15) is 0 Å². The highest BCUT2D eigenvalue weighted by molar-refractivity contribution is 5.85. The Balaban J connectivity index is 1.41. The van der Waals surface area contributed by atoms with E-state index >= 15 is 0 Å². The summed E-state index contributed by atoms with van der Waals surface area (Å²) in [6.07, 6.45) is 11.3. The highest BCUT2D eigenvalue weighted by Gasteiger charge is 2.60. The SMILES string of the molecule is CNCCCN(C)C(=O)O/N=C(\C)[C@H]1CC[C@H]2[C@@H]3CC[C@@H]4C[C@H](O)CC[C@]4(C)[C@H]3CC[C@]12C. The monoisotopic (exact) mass is 461 g/mol. The topological polar surface area (TPSA) is 74.2 Å². The van der Waals surface area contributed by atoms with Gasteiger partial charge >= 0.3 is 6.09 Å². The molecule has 0 aliphatic heterocycles. The summed E-state index contributed by atoms with van der Waals surface area (Å²) in [6, 6.07) is 0. The van der Waals surface area contributed by atoms with Gasteiger partial charge in [-0.15, -0.1) is 0 Å². The van der Waals surface area contributed by atoms with Crippen LogP contribution in [-0.4, -0.2) is 55.1 Å². The minimum Gasteiger partial charge on any atom is -0.393 e. The largest absolute Gasteiger partial charge is 0.435 e. The van der Waals surface area contributed by atoms with Crippen LogP contribution in [0.15, 0.2) is 5.16 Å². The second-order valence-corrected chi connectivity index (χ2v) is 12.2. The number of fused-ring (bicyclic) bond motifs is 5. The Kier molecular flexibility index (Phi) is 7.45. The van der Waals surface area contributed by atoms with Gasteiger partial charge in [0.25, 0.3) is 0 Å². The Morgan fingerprint density at radius 1 is 1.09 bits per heavy atom. The number of rotatable bonds is 6. The summed E-state index contributed by atoms with van der Waals surface area (Å²) in [4.78, 5) is 19.3. The quantitative estimate of drug-likeness (QED) is 0.251. The maximum atomic E-state index is 12.4. The van der Waals surface area contributed by atoms with Crippen molar-refractivity contribution in [3.63, 3.8) is 0 Å². The molecule has 4 aliphatic carbocycles. The van der Waals surface area contributed by atoms with Crippen molar-refractivity contribution in [2.24, 2.45) is 45.6 Å². The average Bonchev–Trinajstić information content (AvgIpc) is 3.15. The molecule has 0 bridgehead atoms. The van der Waals surface area contributed by atoms with Gasteiger partial charge < -0.3 is 15.3 Å². The minimum atomic E-state index is -0.361. The van der Waals surface area contributed by atoms with Gasteiger partial charge in [-0.3, -0.25) is 4.84 Å². The molecule has 4 aliphatic rings. The van der Waals surface area contributed by atoms with Gasteiger partial charge in [0.2, 0.25) is 0 Å². The molecule has 33 heavy (non-hydrogen) atoms. The zero-order chi connectivity index (χ0) is 23.8. The van der Waals surface area contributed by atoms with E-state index < -0.39 is 0 Å². The first-order chi connectivity index (χ1) is 15.7. The van der Waals surface area contributed by atoms with Crippen LogP contribution in [0.1, 0.15) is 85.0 Å². The van der Waals surface area contributed by atoms with Crippen molar-refractivity contribution in [3.05, 3.63) is 0 Å². The molecule has 0 heterocycles. The molecule has 0 aromatic rings. The second kappa shape index (κ2) is 9.85. The van der Waals surface area contributed by atoms with Crippen LogP contribution in [0.5, 0.6) is 0 Å². The number of hydrogen-bond acceptors (Lipinski definition) is 5. The van der Waals surface area contributed by atoms with E-state index in [4.69, 9.17) is 4.84 Å². The Morgan fingerprint density at radius 2 is 1.82 bits per heavy atom. The van der Waals surface area contributed by atoms with Crippen molar-refractivity contribution in [2.45, 2.75) is 91.1 Å². The molecule has 2 N–H and O–H groups in total. The number of nitrogens with one attached hydrogen (secondary N) is 1. The van der Waals surface area contributed by atoms with E-state index in [1.54, 1.807) is 11.9 Å². The smallest absolute Gasteiger partial charge is 0.393 e. The van der Waals surface area contributed by atoms with Crippen LogP contribution < -0.4 is 5.32 Å². The number of nitrogens with zero attached hydrogens (tertiary/aromatic N) is 2. The molecular formula is C27H47N3O3. The lowest BCUT2D eigenvalue weighted by Crippen LogP contribution is -2.54. The Morgan fingerprint density at radius 3 is 2.58 bits per heavy atom. The average molecular weight is 462 g/mol. The molecule has 8 atom stereocenters. The zero-order valence-electron chi connectivity index (χ0n) is 21.6. The molecular weight excluding hydrogens is 414 g/mol. The summed E-state index contributed by atoms with van der Waals surface area (Å²) in [5, 5.41) is 17.7. The summed E-state index contributed by atoms with van der Waals surface area (Å²) in [6.45, 7) is 8.66. The van der Waals surface area contributed by atoms with Crippen molar-refractivity contribution in [3.8, 4) is 0 Å². The summed E-state index contributed by atoms with van der Waals surface area (Å²) >= 11 is 0. The molecule has 6 nitrogen and oxygen atoms in total. The number of oxime groups is 1. The molecule has 4 fully saturated rings. The van der Waals surface area contributed by atoms with E-state index in [0.29, 0.717) is 23.8 Å². The predicted octanol–water partition coefficient (Wildman–Crippen LogP) is 5.06. The Bertz CT molecular complexity index is 742. The third-order valence-electron chi connectivity index (χ3n) is 10.6. The van der Waals surface area contributed by atoms with Gasteiger partial charge in [0.05, 0.1) is 11.8 Å². The van der Waals surface area contributed by atoms with Gasteiger partial charge in [-0.2, -0.15) is 0 Å². The molecule has 0 spiro atoms. The van der Waals surface area contributed by atoms with Gasteiger partial charge in [-0.1, -0.05) is 19.0 Å². The van der Waals surface area contributed by atoms with Crippen LogP contribution in [0, 0.1) is 40.4 Å². The van der Waals surface area contributed by atoms with Crippen LogP contribution in [0.4, 0.5) is 4.79 Å². The predicted molar refractivity (Wildman–Crippen MR) is 132 cm³/mol. The number of aliphatic hydroxyl groups is 1. The fraction of sp³-hybridized carbons (Fsp3) is 0.926. The number of carbonyl (C=O) groups excluding carboxylic acids is 1. The first-order valence-corrected chi connectivity index (χ1v) is 13.5. The summed E-state index contributed by atoms with van der Waals surface area (Å²) in [5.41, 5.74) is 1.67. The third-order valence-corrected chi connectivity index (χ3v) is 10.6. The van der Waals surface area contributed by atoms with Crippen LogP contribution in [0.3, 0.4) is 0 Å². The van der Waals surface area contributed by atoms with Gasteiger partial charge in [0, 0.05) is 19.5 Å². The molecule has 4 saturated carbocycles. The van der Waals surface area contributed by atoms with E-state index in [0.717, 1.165) is 55.7 Å². The number of aliphatic hydroxyl groups excluding tert-OH is 1. The van der Waals surface area contributed by atoms with Crippen LogP contribution >= 0.6 is 0 Å². The standard InChI is InChI=1S/C27H47N3O3/c1-18(29-33-25(32)30(5)16-6-15-28-4)22-9-10-23-21-8-7-19-17-20(31)11-13-26(19,2)24(21)12-14-27(22,23)3/h19-24,28,31H,6-17H2,1-5H3/b29-18+/t19-,20-,21+,22-,23+,24+,26+,27-/m1/s1. The molecule has 188 valence electrons. The molecule has 4 rings (SSSR count). The lowest BCUT2D eigenvalue weighted by Gasteiger charge is -2.61. The minimum absolute atomic E-state index is 0.0757. The van der Waals surface area contributed by atoms with Crippen molar-refractivity contribution in [1.29, 1.82) is 0 Å². The zero-order valence-corrected chi connectivity index (χ0v) is 21.6. The van der Waals surface area contributed by atoms with Crippen LogP contribution in [0.25, 0.3) is 0 Å². The summed E-state index contributed by atoms with van der Waals surface area (Å²) in [7, 11) is 3.69. The van der Waals surface area contributed by atoms with Gasteiger partial charge in [-0.25, -0.2) is 4.79 Å². The first kappa shape index (κ1) is 25.0. The molecule has 0 saturated heterocycles. The van der Waals surface area contributed by atoms with E-state index in [1.165, 1.54) is 38.5 Å². The first-order valence-electron chi connectivity index (χ1n) is 13.5. The summed E-state index contributed by atoms with van der Waals surface area (Å²) < 4.78 is 0. The number of carbonyl (C=O) groups is 1. The van der Waals surface area contributed by atoms with Crippen molar-refractivity contribution in [2.75, 3.05) is 27.2 Å². The van der Waals surface area contributed by atoms with E-state index in [9.17, 15) is 9.90 Å². The van der Waals surface area contributed by atoms with E-state index in [-0.39, 0.29) is 17.6 Å². The third kappa shape index (κ3) is 4.59. The maximum Gasteiger partial charge on any atom is 0.435 e. The second-order valence-electron chi connectivity index (χ2n) is 12.2. The molecule has 1 amide bonds. The lowest BCUT2D eigenvalue weighted by atomic mass is 9.44. The van der Waals surface area contributed by atoms with Crippen molar-refractivity contribution >= 4 is 11.8 Å². The fourth-order valence-corrected chi connectivity index (χ4v) is 8.75. The summed E-state index contributed by atoms with van der Waals surface area (Å²) in [5.74, 6) is 3.47. The normalized spacial score (nSPS) is 42.8. The lowest BCUT2D eigenvalue weighted by molar-refractivity contribution is -0.123. The van der Waals surface area contributed by atoms with Crippen molar-refractivity contribution in [1.82, 2.24) is 10.2 Å². The molecule has 0 aromatic carbocycles. The maximum absolute atomic E-state index is 12.4. The molecule has 0 aromatic heterocycles.